The fourth-order valence-corrected chi connectivity index (χ4v) is 3.00. The molecule has 2 rings (SSSR count). The molecule has 0 saturated carbocycles. The quantitative estimate of drug-likeness (QED) is 0.800. The lowest BCUT2D eigenvalue weighted by atomic mass is 9.95. The van der Waals surface area contributed by atoms with Crippen LogP contribution in [0.25, 0.3) is 0 Å². The number of nitrogens with one attached hydrogen (secondary N) is 1. The zero-order valence-electron chi connectivity index (χ0n) is 14.0. The van der Waals surface area contributed by atoms with Gasteiger partial charge in [0.2, 0.25) is 5.91 Å². The van der Waals surface area contributed by atoms with Gasteiger partial charge in [0.25, 0.3) is 0 Å². The van der Waals surface area contributed by atoms with Crippen molar-refractivity contribution in [2.45, 2.75) is 57.9 Å². The van der Waals surface area contributed by atoms with Crippen LogP contribution in [-0.2, 0) is 9.59 Å². The van der Waals surface area contributed by atoms with Gasteiger partial charge in [-0.05, 0) is 44.6 Å². The van der Waals surface area contributed by atoms with E-state index in [0.717, 1.165) is 37.7 Å². The van der Waals surface area contributed by atoms with Crippen molar-refractivity contribution in [1.82, 2.24) is 5.32 Å². The molecule has 0 aromatic carbocycles. The molecule has 2 aliphatic rings. The summed E-state index contributed by atoms with van der Waals surface area (Å²) in [6.45, 7) is 2.10. The fraction of sp³-hybridized carbons (Fsp3) is 0.500. The maximum absolute atomic E-state index is 12.1. The lowest BCUT2D eigenvalue weighted by Gasteiger charge is -2.16. The van der Waals surface area contributed by atoms with Gasteiger partial charge in [0.05, 0.1) is 0 Å². The maximum atomic E-state index is 12.1. The summed E-state index contributed by atoms with van der Waals surface area (Å²) >= 11 is 0. The van der Waals surface area contributed by atoms with E-state index in [-0.39, 0.29) is 23.7 Å². The highest BCUT2D eigenvalue weighted by Crippen LogP contribution is 2.26. The summed E-state index contributed by atoms with van der Waals surface area (Å²) in [5, 5.41) is 3.12. The monoisotopic (exact) mass is 313 g/mol. The standard InChI is InChI=1S/C20H27NO2/c1-2-3-6-10-17-13-14-18-16(12-15-19(18)22)9-7-4-5-8-11-20(23)21-17/h3-4,6-7,12,14-17H,2,5,8-11,13H2,1H3,(H,21,23)/b6-3-,7-4-,18-14+/t16-,17-/m0/s1. The van der Waals surface area contributed by atoms with Gasteiger partial charge in [0.1, 0.15) is 0 Å². The van der Waals surface area contributed by atoms with Gasteiger partial charge < -0.3 is 5.32 Å². The Labute approximate surface area is 139 Å². The smallest absolute Gasteiger partial charge is 0.220 e. The highest BCUT2D eigenvalue weighted by atomic mass is 16.1. The number of rotatable bonds is 3. The van der Waals surface area contributed by atoms with Crippen LogP contribution in [0.1, 0.15) is 51.9 Å². The zero-order chi connectivity index (χ0) is 16.5. The predicted molar refractivity (Wildman–Crippen MR) is 93.9 cm³/mol. The molecule has 1 aliphatic heterocycles. The minimum atomic E-state index is 0.0700. The molecule has 1 aliphatic carbocycles. The minimum absolute atomic E-state index is 0.0700. The van der Waals surface area contributed by atoms with E-state index in [2.05, 4.69) is 36.5 Å². The third kappa shape index (κ3) is 5.66. The second-order valence-corrected chi connectivity index (χ2v) is 6.20. The van der Waals surface area contributed by atoms with Crippen molar-refractivity contribution in [3.63, 3.8) is 0 Å². The van der Waals surface area contributed by atoms with Gasteiger partial charge in [-0.25, -0.2) is 0 Å². The van der Waals surface area contributed by atoms with Gasteiger partial charge in [-0.2, -0.15) is 0 Å². The van der Waals surface area contributed by atoms with Crippen molar-refractivity contribution in [1.29, 1.82) is 0 Å². The number of hydrogen-bond acceptors (Lipinski definition) is 2. The molecule has 2 atom stereocenters. The topological polar surface area (TPSA) is 46.2 Å². The summed E-state index contributed by atoms with van der Waals surface area (Å²) in [6, 6.07) is 0.0700. The number of hydrogen-bond donors (Lipinski definition) is 1. The van der Waals surface area contributed by atoms with Gasteiger partial charge in [0.15, 0.2) is 5.78 Å². The van der Waals surface area contributed by atoms with Gasteiger partial charge >= 0.3 is 0 Å². The Hall–Kier alpha value is -1.90. The zero-order valence-corrected chi connectivity index (χ0v) is 14.0. The Bertz CT molecular complexity index is 540. The third-order valence-electron chi connectivity index (χ3n) is 4.31. The van der Waals surface area contributed by atoms with Crippen LogP contribution in [0, 0.1) is 5.92 Å². The number of ketones is 1. The second kappa shape index (κ2) is 9.29. The summed E-state index contributed by atoms with van der Waals surface area (Å²) in [6.07, 6.45) is 20.0. The van der Waals surface area contributed by atoms with Crippen molar-refractivity contribution >= 4 is 11.7 Å². The summed E-state index contributed by atoms with van der Waals surface area (Å²) < 4.78 is 0. The maximum Gasteiger partial charge on any atom is 0.220 e. The molecule has 0 unspecified atom stereocenters. The van der Waals surface area contributed by atoms with Gasteiger partial charge in [-0.3, -0.25) is 9.59 Å². The molecule has 1 heterocycles. The van der Waals surface area contributed by atoms with Gasteiger partial charge in [-0.15, -0.1) is 0 Å². The highest BCUT2D eigenvalue weighted by Gasteiger charge is 2.22. The molecule has 0 radical (unpaired) electrons. The van der Waals surface area contributed by atoms with Crippen LogP contribution in [0.5, 0.6) is 0 Å². The number of allylic oxidation sites excluding steroid dienone is 6. The Morgan fingerprint density at radius 2 is 2.09 bits per heavy atom. The molecule has 0 fully saturated rings. The second-order valence-electron chi connectivity index (χ2n) is 6.20. The number of carbonyl (C=O) groups excluding carboxylic acids is 2. The molecule has 0 aromatic heterocycles. The van der Waals surface area contributed by atoms with Crippen LogP contribution in [0.2, 0.25) is 0 Å². The first kappa shape index (κ1) is 17.5. The molecule has 0 aromatic rings. The Morgan fingerprint density at radius 1 is 1.22 bits per heavy atom. The van der Waals surface area contributed by atoms with E-state index >= 15 is 0 Å². The Kier molecular flexibility index (Phi) is 7.05. The molecule has 1 N–H and O–H groups in total. The molecular weight excluding hydrogens is 286 g/mol. The van der Waals surface area contributed by atoms with Crippen molar-refractivity contribution < 1.29 is 9.59 Å². The molecule has 23 heavy (non-hydrogen) atoms. The van der Waals surface area contributed by atoms with Crippen LogP contribution in [0.3, 0.4) is 0 Å². The lowest BCUT2D eigenvalue weighted by Crippen LogP contribution is -2.34. The number of fused-ring (bicyclic) bond motifs is 1. The summed E-state index contributed by atoms with van der Waals surface area (Å²) in [5.74, 6) is 0.424. The van der Waals surface area contributed by atoms with E-state index in [0.29, 0.717) is 12.8 Å². The number of amides is 1. The predicted octanol–water partition coefficient (Wildman–Crippen LogP) is 4.03. The molecule has 0 spiro atoms. The van der Waals surface area contributed by atoms with E-state index in [1.165, 1.54) is 0 Å². The average molecular weight is 313 g/mol. The van der Waals surface area contributed by atoms with Crippen molar-refractivity contribution in [2.75, 3.05) is 0 Å². The molecule has 0 bridgehead atoms. The van der Waals surface area contributed by atoms with E-state index in [1.807, 2.05) is 12.2 Å². The third-order valence-corrected chi connectivity index (χ3v) is 4.31. The molecule has 1 amide bonds. The van der Waals surface area contributed by atoms with Crippen LogP contribution in [0.4, 0.5) is 0 Å². The van der Waals surface area contributed by atoms with Crippen molar-refractivity contribution in [2.24, 2.45) is 5.92 Å². The first-order valence-corrected chi connectivity index (χ1v) is 8.72. The summed E-state index contributed by atoms with van der Waals surface area (Å²) in [5.41, 5.74) is 0.882. The van der Waals surface area contributed by atoms with E-state index in [9.17, 15) is 9.59 Å². The summed E-state index contributed by atoms with van der Waals surface area (Å²) in [4.78, 5) is 24.1. The first-order valence-electron chi connectivity index (χ1n) is 8.72. The average Bonchev–Trinajstić information content (AvgIpc) is 2.88. The molecule has 3 heteroatoms. The van der Waals surface area contributed by atoms with E-state index in [1.54, 1.807) is 6.08 Å². The van der Waals surface area contributed by atoms with E-state index < -0.39 is 0 Å². The normalized spacial score (nSPS) is 29.9. The molecule has 3 nitrogen and oxygen atoms in total. The van der Waals surface area contributed by atoms with Crippen LogP contribution in [-0.4, -0.2) is 17.7 Å². The minimum Gasteiger partial charge on any atom is -0.353 e. The van der Waals surface area contributed by atoms with Gasteiger partial charge in [0, 0.05) is 24.0 Å². The van der Waals surface area contributed by atoms with Crippen LogP contribution >= 0.6 is 0 Å². The van der Waals surface area contributed by atoms with E-state index in [4.69, 9.17) is 0 Å². The van der Waals surface area contributed by atoms with Gasteiger partial charge in [-0.1, -0.05) is 43.4 Å². The largest absolute Gasteiger partial charge is 0.353 e. The van der Waals surface area contributed by atoms with Crippen LogP contribution in [0.15, 0.2) is 48.1 Å². The molecule has 0 saturated heterocycles. The SMILES string of the molecule is CC/C=C\C[C@H]1C/C=C2/C(=O)C=C[C@@H]2C/C=C\CCCC(=O)N1. The summed E-state index contributed by atoms with van der Waals surface area (Å²) in [7, 11) is 0. The van der Waals surface area contributed by atoms with Crippen molar-refractivity contribution in [3.05, 3.63) is 48.1 Å². The number of carbonyl (C=O) groups is 2. The fourth-order valence-electron chi connectivity index (χ4n) is 3.00. The molecular formula is C20H27NO2. The van der Waals surface area contributed by atoms with Crippen molar-refractivity contribution in [3.8, 4) is 0 Å². The lowest BCUT2D eigenvalue weighted by molar-refractivity contribution is -0.121. The van der Waals surface area contributed by atoms with Crippen LogP contribution < -0.4 is 5.32 Å². The Morgan fingerprint density at radius 3 is 2.91 bits per heavy atom. The first-order chi connectivity index (χ1) is 11.2. The molecule has 124 valence electrons. The Balaban J connectivity index is 2.12. The highest BCUT2D eigenvalue weighted by molar-refractivity contribution is 6.07.